The summed E-state index contributed by atoms with van der Waals surface area (Å²) >= 11 is 11.6. The number of aliphatic imine (C=N–C) groups is 1. The van der Waals surface area contributed by atoms with Gasteiger partial charge in [0.1, 0.15) is 0 Å². The van der Waals surface area contributed by atoms with Crippen LogP contribution in [-0.2, 0) is 4.79 Å². The molecule has 8 nitrogen and oxygen atoms in total. The number of hydrogen-bond acceptors (Lipinski definition) is 4. The highest BCUT2D eigenvalue weighted by Gasteiger charge is 2.30. The Labute approximate surface area is 196 Å². The molecule has 0 bridgehead atoms. The molecule has 32 heavy (non-hydrogen) atoms. The van der Waals surface area contributed by atoms with Crippen molar-refractivity contribution in [3.63, 3.8) is 0 Å². The molecule has 3 rings (SSSR count). The summed E-state index contributed by atoms with van der Waals surface area (Å²) in [6.07, 6.45) is -1.37. The normalized spacial score (nSPS) is 15.3. The van der Waals surface area contributed by atoms with Crippen molar-refractivity contribution in [3.05, 3.63) is 64.7 Å². The van der Waals surface area contributed by atoms with Gasteiger partial charge >= 0.3 is 6.09 Å². The number of hydrogen-bond donors (Lipinski definition) is 3. The number of anilines is 1. The van der Waals surface area contributed by atoms with Crippen molar-refractivity contribution in [2.24, 2.45) is 4.99 Å². The van der Waals surface area contributed by atoms with Gasteiger partial charge in [0.15, 0.2) is 5.11 Å². The molecule has 2 aromatic rings. The van der Waals surface area contributed by atoms with Crippen LogP contribution in [0.25, 0.3) is 0 Å². The molecule has 3 N–H and O–H groups in total. The monoisotopic (exact) mass is 473 g/mol. The van der Waals surface area contributed by atoms with Crippen LogP contribution in [0.4, 0.5) is 10.5 Å². The highest BCUT2D eigenvalue weighted by Crippen LogP contribution is 2.29. The van der Waals surface area contributed by atoms with Gasteiger partial charge in [-0.3, -0.25) is 4.79 Å². The maximum atomic E-state index is 13.2. The van der Waals surface area contributed by atoms with E-state index in [0.29, 0.717) is 35.9 Å². The molecule has 0 aliphatic carbocycles. The van der Waals surface area contributed by atoms with Crippen molar-refractivity contribution >= 4 is 52.3 Å². The number of likely N-dealkylation sites (N-methyl/N-ethyl adjacent to an activating group) is 1. The molecule has 1 aliphatic rings. The summed E-state index contributed by atoms with van der Waals surface area (Å²) in [6, 6.07) is 14.9. The second kappa shape index (κ2) is 10.4. The number of rotatable bonds is 6. The number of benzodiazepines with no additional fused rings is 1. The smallest absolute Gasteiger partial charge is 0.407 e. The summed E-state index contributed by atoms with van der Waals surface area (Å²) in [7, 11) is 3.19. The molecule has 10 heteroatoms. The molecule has 0 radical (unpaired) electrons. The highest BCUT2D eigenvalue weighted by atomic mass is 35.5. The summed E-state index contributed by atoms with van der Waals surface area (Å²) in [5.41, 5.74) is 2.92. The Kier molecular flexibility index (Phi) is 7.66. The number of thiocarbonyl (C=S) groups is 1. The fraction of sp³-hybridized carbons (Fsp3) is 0.273. The summed E-state index contributed by atoms with van der Waals surface area (Å²) in [4.78, 5) is 31.5. The summed E-state index contributed by atoms with van der Waals surface area (Å²) in [5.74, 6) is -0.269. The van der Waals surface area contributed by atoms with Crippen molar-refractivity contribution in [2.75, 3.05) is 32.1 Å². The maximum absolute atomic E-state index is 13.2. The Morgan fingerprint density at radius 3 is 2.69 bits per heavy atom. The molecule has 0 saturated carbocycles. The Morgan fingerprint density at radius 2 is 2.00 bits per heavy atom. The van der Waals surface area contributed by atoms with Gasteiger partial charge in [-0.25, -0.2) is 9.79 Å². The number of amides is 2. The lowest BCUT2D eigenvalue weighted by Crippen LogP contribution is -2.49. The Balaban J connectivity index is 1.82. The van der Waals surface area contributed by atoms with E-state index in [2.05, 4.69) is 10.6 Å². The number of halogens is 1. The van der Waals surface area contributed by atoms with Gasteiger partial charge in [-0.2, -0.15) is 0 Å². The molecule has 2 amide bonds. The molecular weight excluding hydrogens is 450 g/mol. The molecule has 0 aromatic heterocycles. The van der Waals surface area contributed by atoms with Gasteiger partial charge in [0, 0.05) is 43.3 Å². The number of fused-ring (bicyclic) bond motifs is 1. The minimum atomic E-state index is -0.986. The molecule has 1 atom stereocenters. The lowest BCUT2D eigenvalue weighted by atomic mass is 10.0. The number of carboxylic acid groups (broad SMARTS) is 1. The van der Waals surface area contributed by atoms with Crippen LogP contribution < -0.4 is 15.5 Å². The zero-order chi connectivity index (χ0) is 23.3. The lowest BCUT2D eigenvalue weighted by Gasteiger charge is -2.22. The van der Waals surface area contributed by atoms with E-state index >= 15 is 0 Å². The van der Waals surface area contributed by atoms with Crippen LogP contribution in [0.5, 0.6) is 0 Å². The van der Waals surface area contributed by atoms with E-state index in [0.717, 1.165) is 11.1 Å². The van der Waals surface area contributed by atoms with E-state index in [9.17, 15) is 9.59 Å². The fourth-order valence-corrected chi connectivity index (χ4v) is 3.64. The molecule has 2 aromatic carbocycles. The second-order valence-electron chi connectivity index (χ2n) is 7.26. The number of benzene rings is 2. The first kappa shape index (κ1) is 23.5. The van der Waals surface area contributed by atoms with E-state index in [-0.39, 0.29) is 11.0 Å². The molecule has 0 saturated heterocycles. The third-order valence-electron chi connectivity index (χ3n) is 5.00. The first-order chi connectivity index (χ1) is 15.3. The van der Waals surface area contributed by atoms with Gasteiger partial charge in [-0.15, -0.1) is 0 Å². The summed E-state index contributed by atoms with van der Waals surface area (Å²) in [5, 5.41) is 15.7. The van der Waals surface area contributed by atoms with Gasteiger partial charge < -0.3 is 25.5 Å². The van der Waals surface area contributed by atoms with Crippen molar-refractivity contribution in [2.45, 2.75) is 12.6 Å². The van der Waals surface area contributed by atoms with E-state index in [1.807, 2.05) is 30.3 Å². The van der Waals surface area contributed by atoms with Crippen molar-refractivity contribution < 1.29 is 14.7 Å². The molecule has 1 heterocycles. The average Bonchev–Trinajstić information content (AvgIpc) is 2.87. The number of carbonyl (C=O) groups excluding carboxylic acids is 1. The van der Waals surface area contributed by atoms with Crippen LogP contribution in [0.1, 0.15) is 17.5 Å². The van der Waals surface area contributed by atoms with Crippen LogP contribution >= 0.6 is 23.8 Å². The number of carbonyl (C=O) groups is 2. The number of nitrogens with zero attached hydrogens (tertiary/aromatic N) is 3. The van der Waals surface area contributed by atoms with E-state index in [4.69, 9.17) is 33.9 Å². The van der Waals surface area contributed by atoms with Crippen molar-refractivity contribution in [3.8, 4) is 0 Å². The third-order valence-corrected chi connectivity index (χ3v) is 5.49. The topological polar surface area (TPSA) is 97.3 Å². The predicted octanol–water partition coefficient (Wildman–Crippen LogP) is 2.94. The van der Waals surface area contributed by atoms with Gasteiger partial charge in [0.2, 0.25) is 6.17 Å². The van der Waals surface area contributed by atoms with Gasteiger partial charge in [-0.05, 0) is 36.8 Å². The van der Waals surface area contributed by atoms with Gasteiger partial charge in [0.05, 0.1) is 11.4 Å². The van der Waals surface area contributed by atoms with Crippen molar-refractivity contribution in [1.29, 1.82) is 0 Å². The van der Waals surface area contributed by atoms with Crippen LogP contribution in [0, 0.1) is 0 Å². The Morgan fingerprint density at radius 1 is 1.28 bits per heavy atom. The van der Waals surface area contributed by atoms with Crippen molar-refractivity contribution in [1.82, 2.24) is 15.5 Å². The van der Waals surface area contributed by atoms with Gasteiger partial charge in [-0.1, -0.05) is 41.9 Å². The SMILES string of the molecule is CN(CCCNC(=S)NC1N=C(c2ccccc2)c2cc(Cl)ccc2N(C)C1=O)C(=O)O. The Bertz CT molecular complexity index is 1050. The molecule has 1 unspecified atom stereocenters. The van der Waals surface area contributed by atoms with Crippen LogP contribution in [0.2, 0.25) is 5.02 Å². The van der Waals surface area contributed by atoms with E-state index < -0.39 is 12.3 Å². The standard InChI is InChI=1S/C22H24ClN5O3S/c1-27(22(30)31)12-6-11-24-21(32)26-19-20(29)28(2)17-10-9-15(23)13-16(17)18(25-19)14-7-4-3-5-8-14/h3-5,7-10,13,19H,6,11-12H2,1-2H3,(H,30,31)(H2,24,26,32). The molecule has 168 valence electrons. The first-order valence-electron chi connectivity index (χ1n) is 9.97. The van der Waals surface area contributed by atoms with E-state index in [1.165, 1.54) is 16.8 Å². The van der Waals surface area contributed by atoms with Crippen LogP contribution in [0.3, 0.4) is 0 Å². The highest BCUT2D eigenvalue weighted by molar-refractivity contribution is 7.80. The average molecular weight is 474 g/mol. The summed E-state index contributed by atoms with van der Waals surface area (Å²) < 4.78 is 0. The Hall–Kier alpha value is -3.17. The minimum Gasteiger partial charge on any atom is -0.465 e. The van der Waals surface area contributed by atoms with Crippen LogP contribution in [0.15, 0.2) is 53.5 Å². The second-order valence-corrected chi connectivity index (χ2v) is 8.11. The zero-order valence-corrected chi connectivity index (χ0v) is 19.3. The van der Waals surface area contributed by atoms with E-state index in [1.54, 1.807) is 25.2 Å². The molecule has 1 aliphatic heterocycles. The first-order valence-corrected chi connectivity index (χ1v) is 10.8. The quantitative estimate of drug-likeness (QED) is 0.441. The van der Waals surface area contributed by atoms with Gasteiger partial charge in [0.25, 0.3) is 5.91 Å². The molecular formula is C22H24ClN5O3S. The zero-order valence-electron chi connectivity index (χ0n) is 17.7. The molecule has 0 spiro atoms. The predicted molar refractivity (Wildman–Crippen MR) is 130 cm³/mol. The third kappa shape index (κ3) is 5.54. The molecule has 0 fully saturated rings. The fourth-order valence-electron chi connectivity index (χ4n) is 3.26. The summed E-state index contributed by atoms with van der Waals surface area (Å²) in [6.45, 7) is 0.813. The largest absolute Gasteiger partial charge is 0.465 e. The minimum absolute atomic E-state index is 0.259. The maximum Gasteiger partial charge on any atom is 0.407 e. The lowest BCUT2D eigenvalue weighted by molar-refractivity contribution is -0.119. The number of nitrogens with one attached hydrogen (secondary N) is 2. The van der Waals surface area contributed by atoms with Crippen LogP contribution in [-0.4, -0.2) is 66.2 Å².